The summed E-state index contributed by atoms with van der Waals surface area (Å²) in [5, 5.41) is 39.3. The highest BCUT2D eigenvalue weighted by atomic mass is 16.7. The molecule has 8 rings (SSSR count). The Labute approximate surface area is 423 Å². The minimum Gasteiger partial charge on any atom is -0.462 e. The number of rotatable bonds is 12. The van der Waals surface area contributed by atoms with Gasteiger partial charge in [0.05, 0.1) is 49.3 Å². The molecule has 8 aliphatic rings. The van der Waals surface area contributed by atoms with Crippen molar-refractivity contribution < 1.29 is 67.5 Å². The molecule has 2 aliphatic carbocycles. The first-order valence-electron chi connectivity index (χ1n) is 27.0. The van der Waals surface area contributed by atoms with Gasteiger partial charge in [0.2, 0.25) is 0 Å². The van der Waals surface area contributed by atoms with Crippen molar-refractivity contribution in [3.05, 3.63) is 59.3 Å². The topological polar surface area (TPSA) is 182 Å². The maximum absolute atomic E-state index is 14.4. The van der Waals surface area contributed by atoms with Crippen LogP contribution in [0.4, 0.5) is 0 Å². The van der Waals surface area contributed by atoms with Crippen LogP contribution in [-0.4, -0.2) is 152 Å². The molecule has 6 aliphatic heterocycles. The van der Waals surface area contributed by atoms with Gasteiger partial charge in [0.1, 0.15) is 41.5 Å². The average Bonchev–Trinajstić information content (AvgIpc) is 3.69. The predicted molar refractivity (Wildman–Crippen MR) is 266 cm³/mol. The van der Waals surface area contributed by atoms with E-state index in [0.717, 1.165) is 18.5 Å². The van der Waals surface area contributed by atoms with Crippen LogP contribution in [0.2, 0.25) is 0 Å². The van der Waals surface area contributed by atoms with Gasteiger partial charge in [0.15, 0.2) is 18.4 Å². The number of fused-ring (bicyclic) bond motifs is 2. The Morgan fingerprint density at radius 1 is 0.901 bits per heavy atom. The number of nitrogens with one attached hydrogen (secondary N) is 1. The largest absolute Gasteiger partial charge is 0.462 e. The molecule has 71 heavy (non-hydrogen) atoms. The molecule has 0 aromatic heterocycles. The van der Waals surface area contributed by atoms with Crippen molar-refractivity contribution in [1.29, 1.82) is 0 Å². The summed E-state index contributed by atoms with van der Waals surface area (Å²) < 4.78 is 65.2. The molecule has 0 aromatic carbocycles. The Kier molecular flexibility index (Phi) is 18.0. The van der Waals surface area contributed by atoms with Gasteiger partial charge in [-0.1, -0.05) is 89.8 Å². The van der Waals surface area contributed by atoms with Crippen LogP contribution in [-0.2, 0) is 52.2 Å². The van der Waals surface area contributed by atoms with Gasteiger partial charge in [-0.25, -0.2) is 0 Å². The van der Waals surface area contributed by atoms with E-state index in [0.29, 0.717) is 55.7 Å². The Bertz CT molecular complexity index is 1970. The molecule has 1 spiro atoms. The highest BCUT2D eigenvalue weighted by Gasteiger charge is 2.60. The van der Waals surface area contributed by atoms with Crippen LogP contribution in [0.25, 0.3) is 0 Å². The summed E-state index contributed by atoms with van der Waals surface area (Å²) >= 11 is 0. The van der Waals surface area contributed by atoms with Crippen molar-refractivity contribution in [2.24, 2.45) is 29.6 Å². The lowest BCUT2D eigenvalue weighted by Crippen LogP contribution is -2.64. The summed E-state index contributed by atoms with van der Waals surface area (Å²) in [5.41, 5.74) is -1.10. The fourth-order valence-corrected chi connectivity index (χ4v) is 12.8. The number of hydrogen-bond donors (Lipinski definition) is 4. The molecular weight excluding hydrogens is 911 g/mol. The smallest absolute Gasteiger partial charge is 0.316 e. The average molecular weight is 998 g/mol. The molecular formula is C56H87NO14. The second kappa shape index (κ2) is 23.3. The molecule has 4 saturated heterocycles. The van der Waals surface area contributed by atoms with E-state index in [4.69, 9.17) is 47.4 Å². The second-order valence-corrected chi connectivity index (χ2v) is 22.5. The zero-order valence-electron chi connectivity index (χ0n) is 44.2. The fourth-order valence-electron chi connectivity index (χ4n) is 12.8. The van der Waals surface area contributed by atoms with Crippen LogP contribution in [0.3, 0.4) is 0 Å². The SMILES string of the molecule is CCC(C)[C@H]1O[C@]2(C=C[C@@H]1C)C[C@@H]1C[C@@H](C/C=C(\C)[C@@H](O[C@H]3C[C@H](OC)[C@@H](O[C@H]4C[C@H](OC)[C@@](O)(CNCC5CCCCC5)[C@H](C)O4)[C@H](C)O3)[C@@H](C)/C=C/C=C3\CO[C@@H]4[C@H](O)C(C)=C[C@@H](C(=O)O1)[C@]34O)O2. The maximum Gasteiger partial charge on any atom is 0.316 e. The Hall–Kier alpha value is -2.35. The number of methoxy groups -OCH3 is 2. The highest BCUT2D eigenvalue weighted by Crippen LogP contribution is 2.47. The quantitative estimate of drug-likeness (QED) is 0.117. The van der Waals surface area contributed by atoms with E-state index in [9.17, 15) is 20.1 Å². The van der Waals surface area contributed by atoms with Crippen molar-refractivity contribution in [2.75, 3.05) is 33.9 Å². The van der Waals surface area contributed by atoms with Crippen molar-refractivity contribution in [2.45, 2.75) is 223 Å². The van der Waals surface area contributed by atoms with Crippen LogP contribution < -0.4 is 5.32 Å². The summed E-state index contributed by atoms with van der Waals surface area (Å²) in [6.07, 6.45) is 15.3. The van der Waals surface area contributed by atoms with Gasteiger partial charge in [-0.3, -0.25) is 4.79 Å². The van der Waals surface area contributed by atoms with E-state index in [2.05, 4.69) is 52.1 Å². The number of carbonyl (C=O) groups excluding carboxylic acids is 1. The molecule has 2 bridgehead atoms. The molecule has 0 aromatic rings. The molecule has 6 heterocycles. The van der Waals surface area contributed by atoms with Crippen LogP contribution in [0.1, 0.15) is 126 Å². The van der Waals surface area contributed by atoms with E-state index < -0.39 is 102 Å². The Morgan fingerprint density at radius 3 is 2.39 bits per heavy atom. The minimum atomic E-state index is -1.84. The molecule has 4 N–H and O–H groups in total. The standard InChI is InChI=1S/C56H87NO14/c1-11-32(2)50-35(5)22-23-54(71-50)28-42-25-41(70-54)21-20-34(4)49(33(3)16-15-19-40-30-64-52-48(58)36(6)24-43(53(59)67-42)56(40,52)61)68-46-26-44(62-9)51(37(7)65-46)69-47-27-45(63-10)55(60,38(8)66-47)31-57-29-39-17-13-12-14-18-39/h15-16,19-20,22-24,32-33,35,37-39,41-52,57-58,60-61H,11-14,17-18,21,25-31H2,1-10H3/b16-15+,34-20+,40-19+/t32?,33-,35-,37-,38-,41+,42-,43-,44-,45-,46-,47-,48+,49-,50+,51-,52+,54+,55+,56+/m0/s1. The fraction of sp³-hybridized carbons (Fsp3) is 0.804. The van der Waals surface area contributed by atoms with Gasteiger partial charge in [-0.15, -0.1) is 0 Å². The Balaban J connectivity index is 1.01. The van der Waals surface area contributed by atoms with Gasteiger partial charge >= 0.3 is 5.97 Å². The number of ether oxygens (including phenoxy) is 10. The lowest BCUT2D eigenvalue weighted by Gasteiger charge is -2.48. The van der Waals surface area contributed by atoms with Crippen molar-refractivity contribution in [3.8, 4) is 0 Å². The lowest BCUT2D eigenvalue weighted by atomic mass is 9.71. The summed E-state index contributed by atoms with van der Waals surface area (Å²) in [4.78, 5) is 14.4. The summed E-state index contributed by atoms with van der Waals surface area (Å²) in [6, 6.07) is 0. The van der Waals surface area contributed by atoms with Crippen molar-refractivity contribution in [3.63, 3.8) is 0 Å². The minimum absolute atomic E-state index is 0.0296. The molecule has 1 unspecified atom stereocenters. The summed E-state index contributed by atoms with van der Waals surface area (Å²) in [5.74, 6) is -1.96. The van der Waals surface area contributed by atoms with Crippen molar-refractivity contribution in [1.82, 2.24) is 5.32 Å². The second-order valence-electron chi connectivity index (χ2n) is 22.5. The summed E-state index contributed by atoms with van der Waals surface area (Å²) in [6.45, 7) is 17.5. The third-order valence-electron chi connectivity index (χ3n) is 17.4. The van der Waals surface area contributed by atoms with E-state index in [1.807, 2.05) is 32.1 Å². The van der Waals surface area contributed by atoms with Gasteiger partial charge in [-0.2, -0.15) is 0 Å². The van der Waals surface area contributed by atoms with Crippen molar-refractivity contribution >= 4 is 5.97 Å². The number of hydrogen-bond acceptors (Lipinski definition) is 15. The molecule has 15 nitrogen and oxygen atoms in total. The molecule has 5 fully saturated rings. The van der Waals surface area contributed by atoms with Gasteiger partial charge in [-0.05, 0) is 88.1 Å². The number of allylic oxidation sites excluding steroid dienone is 2. The number of aliphatic hydroxyl groups is 3. The third kappa shape index (κ3) is 11.7. The van der Waals surface area contributed by atoms with Gasteiger partial charge in [0.25, 0.3) is 0 Å². The first kappa shape index (κ1) is 54.9. The predicted octanol–water partition coefficient (Wildman–Crippen LogP) is 6.92. The van der Waals surface area contributed by atoms with E-state index in [1.165, 1.54) is 32.1 Å². The number of esters is 1. The monoisotopic (exact) mass is 998 g/mol. The Morgan fingerprint density at radius 2 is 1.66 bits per heavy atom. The first-order valence-corrected chi connectivity index (χ1v) is 27.0. The number of aliphatic hydroxyl groups excluding tert-OH is 1. The molecule has 15 heteroatoms. The lowest BCUT2D eigenvalue weighted by molar-refractivity contribution is -0.331. The van der Waals surface area contributed by atoms with E-state index in [1.54, 1.807) is 33.3 Å². The molecule has 1 saturated carbocycles. The highest BCUT2D eigenvalue weighted by molar-refractivity contribution is 5.78. The first-order chi connectivity index (χ1) is 33.9. The van der Waals surface area contributed by atoms with Gasteiger partial charge in [0, 0.05) is 58.3 Å². The van der Waals surface area contributed by atoms with Crippen LogP contribution in [0.15, 0.2) is 59.3 Å². The van der Waals surface area contributed by atoms with Crippen LogP contribution in [0, 0.1) is 29.6 Å². The van der Waals surface area contributed by atoms with E-state index >= 15 is 0 Å². The zero-order valence-corrected chi connectivity index (χ0v) is 44.2. The summed E-state index contributed by atoms with van der Waals surface area (Å²) in [7, 11) is 3.30. The normalized spacial score (nSPS) is 47.1. The van der Waals surface area contributed by atoms with Gasteiger partial charge < -0.3 is 68.0 Å². The van der Waals surface area contributed by atoms with Crippen LogP contribution >= 0.6 is 0 Å². The molecule has 0 amide bonds. The molecule has 0 radical (unpaired) electrons. The maximum atomic E-state index is 14.4. The molecule has 20 atom stereocenters. The molecule has 400 valence electrons. The number of carbonyl (C=O) groups is 1. The van der Waals surface area contributed by atoms with E-state index in [-0.39, 0.29) is 30.5 Å². The van der Waals surface area contributed by atoms with Crippen LogP contribution in [0.5, 0.6) is 0 Å². The zero-order chi connectivity index (χ0) is 50.8. The third-order valence-corrected chi connectivity index (χ3v) is 17.4.